The van der Waals surface area contributed by atoms with Gasteiger partial charge in [0.05, 0.1) is 23.3 Å². The number of benzene rings is 2. The van der Waals surface area contributed by atoms with Gasteiger partial charge in [0.15, 0.2) is 11.1 Å². The lowest BCUT2D eigenvalue weighted by atomic mass is 9.92. The largest absolute Gasteiger partial charge is 0.386 e. The molecule has 2 aromatic carbocycles. The monoisotopic (exact) mass is 490 g/mol. The molecule has 0 bridgehead atoms. The third-order valence-electron chi connectivity index (χ3n) is 4.80. The zero-order valence-electron chi connectivity index (χ0n) is 21.8. The average molecular weight is 491 g/mol. The first-order chi connectivity index (χ1) is 16.9. The highest BCUT2D eigenvalue weighted by molar-refractivity contribution is 5.92. The molecule has 0 aliphatic rings. The van der Waals surface area contributed by atoms with Crippen LogP contribution in [0.15, 0.2) is 70.9 Å². The first kappa shape index (κ1) is 30.0. The van der Waals surface area contributed by atoms with Gasteiger partial charge in [0.2, 0.25) is 0 Å². The smallest absolute Gasteiger partial charge is 0.242 e. The van der Waals surface area contributed by atoms with Crippen molar-refractivity contribution in [2.45, 2.75) is 65.5 Å². The summed E-state index contributed by atoms with van der Waals surface area (Å²) in [6.45, 7) is 11.7. The molecule has 2 atom stereocenters. The molecule has 0 heterocycles. The van der Waals surface area contributed by atoms with Crippen LogP contribution in [0, 0.1) is 34.5 Å². The lowest BCUT2D eigenvalue weighted by Crippen LogP contribution is -2.26. The number of rotatable bonds is 8. The van der Waals surface area contributed by atoms with E-state index >= 15 is 0 Å². The van der Waals surface area contributed by atoms with Gasteiger partial charge in [-0.05, 0) is 62.8 Å². The Morgan fingerprint density at radius 1 is 0.722 bits per heavy atom. The van der Waals surface area contributed by atoms with Crippen LogP contribution in [0.3, 0.4) is 0 Å². The van der Waals surface area contributed by atoms with Crippen LogP contribution in [0.5, 0.6) is 0 Å². The molecule has 0 saturated carbocycles. The molecule has 0 fully saturated rings. The third kappa shape index (κ3) is 10.9. The highest BCUT2D eigenvalue weighted by atomic mass is 17.2. The number of carbonyl (C=O) groups is 2. The van der Waals surface area contributed by atoms with Gasteiger partial charge in [-0.2, -0.15) is 20.8 Å². The van der Waals surface area contributed by atoms with Crippen molar-refractivity contribution >= 4 is 11.9 Å². The van der Waals surface area contributed by atoms with E-state index in [1.54, 1.807) is 74.5 Å². The summed E-state index contributed by atoms with van der Waals surface area (Å²) in [6, 6.07) is 21.0. The Bertz CT molecular complexity index is 1000. The van der Waals surface area contributed by atoms with E-state index in [0.717, 1.165) is 0 Å². The number of nitrogens with zero attached hydrogens (tertiary/aromatic N) is 4. The standard InChI is InChI=1S/C14H24N4.C14H10O4/c1-11(2)7-13(5,9-15)17-18-14(6,10-16)8-12(3)4;15-13(11-7-3-1-4-8-11)17-18-14(16)12-9-5-2-6-10-12/h11-12H,7-8H2,1-6H3;1-10H. The van der Waals surface area contributed by atoms with E-state index in [4.69, 9.17) is 0 Å². The van der Waals surface area contributed by atoms with E-state index in [2.05, 4.69) is 32.1 Å². The van der Waals surface area contributed by atoms with E-state index in [0.29, 0.717) is 35.8 Å². The van der Waals surface area contributed by atoms with Crippen LogP contribution in [0.4, 0.5) is 0 Å². The van der Waals surface area contributed by atoms with Crippen molar-refractivity contribution in [3.05, 3.63) is 71.8 Å². The molecular weight excluding hydrogens is 456 g/mol. The molecule has 190 valence electrons. The molecule has 0 radical (unpaired) electrons. The van der Waals surface area contributed by atoms with Gasteiger partial charge >= 0.3 is 11.9 Å². The molecule has 0 aromatic heterocycles. The minimum absolute atomic E-state index is 0.318. The molecule has 2 unspecified atom stereocenters. The predicted molar refractivity (Wildman–Crippen MR) is 136 cm³/mol. The van der Waals surface area contributed by atoms with E-state index in [1.807, 2.05) is 27.7 Å². The van der Waals surface area contributed by atoms with Crippen LogP contribution >= 0.6 is 0 Å². The van der Waals surface area contributed by atoms with Crippen molar-refractivity contribution in [3.63, 3.8) is 0 Å². The number of azo groups is 1. The quantitative estimate of drug-likeness (QED) is 0.230. The van der Waals surface area contributed by atoms with Crippen LogP contribution in [0.25, 0.3) is 0 Å². The highest BCUT2D eigenvalue weighted by Crippen LogP contribution is 2.26. The molecule has 0 aliphatic carbocycles. The topological polar surface area (TPSA) is 125 Å². The second kappa shape index (κ2) is 14.4. The minimum Gasteiger partial charge on any atom is -0.242 e. The molecule has 36 heavy (non-hydrogen) atoms. The van der Waals surface area contributed by atoms with Gasteiger partial charge in [-0.25, -0.2) is 19.4 Å². The van der Waals surface area contributed by atoms with Gasteiger partial charge in [0, 0.05) is 0 Å². The summed E-state index contributed by atoms with van der Waals surface area (Å²) < 4.78 is 0. The van der Waals surface area contributed by atoms with Gasteiger partial charge in [-0.1, -0.05) is 64.1 Å². The lowest BCUT2D eigenvalue weighted by molar-refractivity contribution is -0.187. The van der Waals surface area contributed by atoms with E-state index in [9.17, 15) is 20.1 Å². The number of carbonyl (C=O) groups excluding carboxylic acids is 2. The summed E-state index contributed by atoms with van der Waals surface area (Å²) in [5, 5.41) is 26.7. The Morgan fingerprint density at radius 3 is 1.28 bits per heavy atom. The van der Waals surface area contributed by atoms with Gasteiger partial charge in [-0.3, -0.25) is 0 Å². The van der Waals surface area contributed by atoms with Crippen molar-refractivity contribution < 1.29 is 19.4 Å². The zero-order chi connectivity index (χ0) is 27.2. The summed E-state index contributed by atoms with van der Waals surface area (Å²) in [5.41, 5.74) is -1.02. The molecule has 0 amide bonds. The Kier molecular flexibility index (Phi) is 12.0. The maximum Gasteiger partial charge on any atom is 0.386 e. The van der Waals surface area contributed by atoms with Crippen molar-refractivity contribution in [2.24, 2.45) is 22.1 Å². The Balaban J connectivity index is 0.000000360. The fourth-order valence-corrected chi connectivity index (χ4v) is 3.35. The van der Waals surface area contributed by atoms with E-state index in [1.165, 1.54) is 0 Å². The summed E-state index contributed by atoms with van der Waals surface area (Å²) in [5.74, 6) is -0.682. The molecule has 0 saturated heterocycles. The molecule has 2 aromatic rings. The average Bonchev–Trinajstić information content (AvgIpc) is 2.86. The molecular formula is C28H34N4O4. The van der Waals surface area contributed by atoms with Gasteiger partial charge in [0.1, 0.15) is 0 Å². The second-order valence-corrected chi connectivity index (χ2v) is 9.64. The summed E-state index contributed by atoms with van der Waals surface area (Å²) >= 11 is 0. The van der Waals surface area contributed by atoms with Gasteiger partial charge in [0.25, 0.3) is 0 Å². The van der Waals surface area contributed by atoms with Crippen LogP contribution in [-0.4, -0.2) is 23.0 Å². The van der Waals surface area contributed by atoms with Crippen LogP contribution in [-0.2, 0) is 9.78 Å². The van der Waals surface area contributed by atoms with Gasteiger partial charge in [-0.15, -0.1) is 0 Å². The summed E-state index contributed by atoms with van der Waals surface area (Å²) in [7, 11) is 0. The normalized spacial score (nSPS) is 13.9. The molecule has 0 aliphatic heterocycles. The van der Waals surface area contributed by atoms with Crippen molar-refractivity contribution in [2.75, 3.05) is 0 Å². The Hall–Kier alpha value is -4.04. The van der Waals surface area contributed by atoms with Crippen molar-refractivity contribution in [3.8, 4) is 12.1 Å². The molecule has 0 spiro atoms. The fourth-order valence-electron chi connectivity index (χ4n) is 3.35. The molecule has 2 rings (SSSR count). The maximum absolute atomic E-state index is 11.5. The minimum atomic E-state index is -0.830. The van der Waals surface area contributed by atoms with Gasteiger partial charge < -0.3 is 0 Å². The van der Waals surface area contributed by atoms with Crippen molar-refractivity contribution in [1.82, 2.24) is 0 Å². The Labute approximate surface area is 213 Å². The zero-order valence-corrected chi connectivity index (χ0v) is 21.8. The number of nitriles is 2. The second-order valence-electron chi connectivity index (χ2n) is 9.64. The summed E-state index contributed by atoms with van der Waals surface area (Å²) in [4.78, 5) is 31.9. The summed E-state index contributed by atoms with van der Waals surface area (Å²) in [6.07, 6.45) is 1.30. The Morgan fingerprint density at radius 2 is 1.03 bits per heavy atom. The van der Waals surface area contributed by atoms with E-state index < -0.39 is 23.0 Å². The molecule has 8 heteroatoms. The highest BCUT2D eigenvalue weighted by Gasteiger charge is 2.29. The molecule has 0 N–H and O–H groups in total. The third-order valence-corrected chi connectivity index (χ3v) is 4.80. The van der Waals surface area contributed by atoms with Crippen LogP contribution < -0.4 is 0 Å². The number of hydrogen-bond acceptors (Lipinski definition) is 8. The lowest BCUT2D eigenvalue weighted by Gasteiger charge is -2.22. The van der Waals surface area contributed by atoms with Crippen LogP contribution in [0.2, 0.25) is 0 Å². The first-order valence-electron chi connectivity index (χ1n) is 11.7. The fraction of sp³-hybridized carbons (Fsp3) is 0.429. The first-order valence-corrected chi connectivity index (χ1v) is 11.7. The SMILES string of the molecule is CC(C)CC(C)(C#N)N=NC(C)(C#N)CC(C)C.O=C(OOC(=O)c1ccccc1)c1ccccc1. The van der Waals surface area contributed by atoms with E-state index in [-0.39, 0.29) is 0 Å². The van der Waals surface area contributed by atoms with Crippen molar-refractivity contribution in [1.29, 1.82) is 10.5 Å². The maximum atomic E-state index is 11.5. The van der Waals surface area contributed by atoms with Crippen LogP contribution in [0.1, 0.15) is 75.1 Å². The number of hydrogen-bond donors (Lipinski definition) is 0. The molecule has 8 nitrogen and oxygen atoms in total. The predicted octanol–water partition coefficient (Wildman–Crippen LogP) is 6.71.